The molecule has 0 atom stereocenters. The molecule has 0 aliphatic carbocycles. The number of rotatable bonds is 5. The van der Waals surface area contributed by atoms with E-state index < -0.39 is 8.80 Å². The number of thioether (sulfide) groups is 1. The number of nitrogens with one attached hydrogen (secondary N) is 1. The van der Waals surface area contributed by atoms with Gasteiger partial charge in [-0.1, -0.05) is 18.7 Å². The molecule has 0 saturated carbocycles. The molecule has 0 aromatic heterocycles. The van der Waals surface area contributed by atoms with Crippen LogP contribution in [-0.2, 0) is 0 Å². The average molecular weight is 225 g/mol. The maximum Gasteiger partial charge on any atom is 0.492 e. The molecule has 0 radical (unpaired) electrons. The molecule has 0 aromatic carbocycles. The van der Waals surface area contributed by atoms with Crippen LogP contribution in [-0.4, -0.2) is 40.7 Å². The number of carbonyl (C=O) groups excluding carboxylic acids is 1. The fourth-order valence-electron chi connectivity index (χ4n) is 0.698. The largest absolute Gasteiger partial charge is 0.492 e. The van der Waals surface area contributed by atoms with E-state index >= 15 is 0 Å². The van der Waals surface area contributed by atoms with Gasteiger partial charge in [0, 0.05) is 12.6 Å². The second-order valence-electron chi connectivity index (χ2n) is 2.53. The Labute approximate surface area is 82.5 Å². The third-order valence-electron chi connectivity index (χ3n) is 1.23. The lowest BCUT2D eigenvalue weighted by Gasteiger charge is -2.08. The summed E-state index contributed by atoms with van der Waals surface area (Å²) in [7, 11) is -3.91. The molecule has 0 aliphatic rings. The van der Waals surface area contributed by atoms with E-state index in [0.717, 1.165) is 11.8 Å². The maximum atomic E-state index is 10.8. The van der Waals surface area contributed by atoms with Gasteiger partial charge in [0.05, 0.1) is 0 Å². The van der Waals surface area contributed by atoms with Crippen molar-refractivity contribution in [1.29, 1.82) is 0 Å². The number of amides is 1. The first-order valence-corrected chi connectivity index (χ1v) is 7.07. The Kier molecular flexibility index (Phi) is 6.34. The summed E-state index contributed by atoms with van der Waals surface area (Å²) < 4.78 is 0. The molecule has 0 spiro atoms. The highest BCUT2D eigenvalue weighted by atomic mass is 32.2. The van der Waals surface area contributed by atoms with E-state index in [1.807, 2.05) is 6.92 Å². The molecule has 0 rings (SSSR count). The zero-order chi connectivity index (χ0) is 10.3. The van der Waals surface area contributed by atoms with Crippen molar-refractivity contribution >= 4 is 25.8 Å². The number of carbonyl (C=O) groups is 1. The zero-order valence-electron chi connectivity index (χ0n) is 7.49. The summed E-state index contributed by atoms with van der Waals surface area (Å²) in [5, 5.41) is 2.45. The van der Waals surface area contributed by atoms with Gasteiger partial charge in [-0.05, 0) is 12.2 Å². The Morgan fingerprint density at radius 1 is 1.46 bits per heavy atom. The molecule has 78 valence electrons. The summed E-state index contributed by atoms with van der Waals surface area (Å²) in [5.74, 6) is 0.713. The summed E-state index contributed by atoms with van der Waals surface area (Å²) in [4.78, 5) is 36.7. The van der Waals surface area contributed by atoms with E-state index in [0.29, 0.717) is 18.7 Å². The SMILES string of the molecule is CCSC(=O)NCCC[Si](O)(O)O. The van der Waals surface area contributed by atoms with Gasteiger partial charge < -0.3 is 19.7 Å². The van der Waals surface area contributed by atoms with Gasteiger partial charge in [-0.25, -0.2) is 0 Å². The van der Waals surface area contributed by atoms with Crippen LogP contribution in [0.2, 0.25) is 6.04 Å². The summed E-state index contributed by atoms with van der Waals surface area (Å²) in [6.45, 7) is 2.24. The minimum atomic E-state index is -3.91. The lowest BCUT2D eigenvalue weighted by molar-refractivity contribution is 0.226. The molecule has 0 saturated heterocycles. The zero-order valence-corrected chi connectivity index (χ0v) is 9.30. The van der Waals surface area contributed by atoms with Gasteiger partial charge in [-0.2, -0.15) is 0 Å². The normalized spacial score (nSPS) is 11.4. The fourth-order valence-corrected chi connectivity index (χ4v) is 1.82. The first kappa shape index (κ1) is 12.9. The van der Waals surface area contributed by atoms with Gasteiger partial charge in [0.25, 0.3) is 5.24 Å². The minimum absolute atomic E-state index is 0.0376. The van der Waals surface area contributed by atoms with Crippen LogP contribution in [0.3, 0.4) is 0 Å². The molecular formula is C6H15NO4SSi. The van der Waals surface area contributed by atoms with Crippen molar-refractivity contribution in [2.45, 2.75) is 19.4 Å². The standard InChI is InChI=1S/C6H15NO4SSi/c1-2-12-6(8)7-4-3-5-13(9,10)11/h9-11H,2-5H2,1H3,(H,7,8). The Morgan fingerprint density at radius 3 is 2.54 bits per heavy atom. The summed E-state index contributed by atoms with van der Waals surface area (Å²) in [5.41, 5.74) is 0. The van der Waals surface area contributed by atoms with E-state index in [9.17, 15) is 4.79 Å². The van der Waals surface area contributed by atoms with Crippen LogP contribution in [0.4, 0.5) is 4.79 Å². The monoisotopic (exact) mass is 225 g/mol. The highest BCUT2D eigenvalue weighted by molar-refractivity contribution is 8.13. The Bertz CT molecular complexity index is 161. The predicted octanol–water partition coefficient (Wildman–Crippen LogP) is -0.245. The molecule has 0 unspecified atom stereocenters. The Balaban J connectivity index is 3.31. The molecule has 0 fully saturated rings. The second-order valence-corrected chi connectivity index (χ2v) is 5.81. The van der Waals surface area contributed by atoms with Crippen molar-refractivity contribution in [3.05, 3.63) is 0 Å². The summed E-state index contributed by atoms with van der Waals surface area (Å²) >= 11 is 1.16. The van der Waals surface area contributed by atoms with E-state index in [4.69, 9.17) is 14.4 Å². The van der Waals surface area contributed by atoms with Crippen LogP contribution in [0.1, 0.15) is 13.3 Å². The van der Waals surface area contributed by atoms with Gasteiger partial charge >= 0.3 is 8.80 Å². The predicted molar refractivity (Wildman–Crippen MR) is 53.4 cm³/mol. The lowest BCUT2D eigenvalue weighted by Crippen LogP contribution is -2.35. The molecular weight excluding hydrogens is 210 g/mol. The molecule has 13 heavy (non-hydrogen) atoms. The molecule has 4 N–H and O–H groups in total. The van der Waals surface area contributed by atoms with Crippen LogP contribution in [0.15, 0.2) is 0 Å². The van der Waals surface area contributed by atoms with Gasteiger partial charge in [0.2, 0.25) is 0 Å². The molecule has 7 heteroatoms. The topological polar surface area (TPSA) is 89.8 Å². The first-order chi connectivity index (χ1) is 5.95. The van der Waals surface area contributed by atoms with Crippen LogP contribution in [0, 0.1) is 0 Å². The van der Waals surface area contributed by atoms with Crippen LogP contribution >= 0.6 is 11.8 Å². The smallest absolute Gasteiger partial charge is 0.390 e. The quantitative estimate of drug-likeness (QED) is 0.383. The van der Waals surface area contributed by atoms with Crippen molar-refractivity contribution in [2.24, 2.45) is 0 Å². The molecule has 0 bridgehead atoms. The van der Waals surface area contributed by atoms with Crippen LogP contribution < -0.4 is 5.32 Å². The number of hydrogen-bond donors (Lipinski definition) is 4. The minimum Gasteiger partial charge on any atom is -0.390 e. The molecule has 5 nitrogen and oxygen atoms in total. The van der Waals surface area contributed by atoms with Gasteiger partial charge in [0.15, 0.2) is 0 Å². The summed E-state index contributed by atoms with van der Waals surface area (Å²) in [6, 6.07) is -0.0376. The fraction of sp³-hybridized carbons (Fsp3) is 0.833. The van der Waals surface area contributed by atoms with Crippen LogP contribution in [0.25, 0.3) is 0 Å². The van der Waals surface area contributed by atoms with Crippen molar-refractivity contribution < 1.29 is 19.2 Å². The van der Waals surface area contributed by atoms with Crippen molar-refractivity contribution in [3.63, 3.8) is 0 Å². The second kappa shape index (κ2) is 6.38. The third-order valence-corrected chi connectivity index (χ3v) is 2.95. The average Bonchev–Trinajstić information content (AvgIpc) is 1.97. The van der Waals surface area contributed by atoms with Crippen molar-refractivity contribution in [2.75, 3.05) is 12.3 Å². The molecule has 0 aliphatic heterocycles. The Morgan fingerprint density at radius 2 is 2.08 bits per heavy atom. The lowest BCUT2D eigenvalue weighted by atomic mass is 10.5. The van der Waals surface area contributed by atoms with E-state index in [-0.39, 0.29) is 11.3 Å². The van der Waals surface area contributed by atoms with E-state index in [1.165, 1.54) is 0 Å². The van der Waals surface area contributed by atoms with Gasteiger partial charge in [-0.15, -0.1) is 0 Å². The highest BCUT2D eigenvalue weighted by Crippen LogP contribution is 2.02. The molecule has 1 amide bonds. The molecule has 0 heterocycles. The van der Waals surface area contributed by atoms with Gasteiger partial charge in [-0.3, -0.25) is 4.79 Å². The Hall–Kier alpha value is -0.0831. The first-order valence-electron chi connectivity index (χ1n) is 4.03. The summed E-state index contributed by atoms with van der Waals surface area (Å²) in [6.07, 6.45) is 0.381. The molecule has 0 aromatic rings. The highest BCUT2D eigenvalue weighted by Gasteiger charge is 2.25. The number of hydrogen-bond acceptors (Lipinski definition) is 5. The van der Waals surface area contributed by atoms with Gasteiger partial charge in [0.1, 0.15) is 0 Å². The maximum absolute atomic E-state index is 10.8. The van der Waals surface area contributed by atoms with E-state index in [2.05, 4.69) is 5.32 Å². The van der Waals surface area contributed by atoms with Crippen molar-refractivity contribution in [1.82, 2.24) is 5.32 Å². The third kappa shape index (κ3) is 9.83. The van der Waals surface area contributed by atoms with Crippen molar-refractivity contribution in [3.8, 4) is 0 Å². The van der Waals surface area contributed by atoms with E-state index in [1.54, 1.807) is 0 Å². The van der Waals surface area contributed by atoms with Crippen LogP contribution in [0.5, 0.6) is 0 Å².